The molecule has 0 bridgehead atoms. The molecule has 134 valence electrons. The van der Waals surface area contributed by atoms with Crippen LogP contribution in [0.2, 0.25) is 0 Å². The molecule has 2 heterocycles. The van der Waals surface area contributed by atoms with Crippen molar-refractivity contribution in [2.45, 2.75) is 52.1 Å². The van der Waals surface area contributed by atoms with Gasteiger partial charge in [0.15, 0.2) is 11.6 Å². The SMILES string of the molecule is CC(=O)c1ccc(-n2ccc(CCCC3(C(F)(F)F)CC3)n2)nc1C. The van der Waals surface area contributed by atoms with Crippen molar-refractivity contribution < 1.29 is 18.0 Å². The van der Waals surface area contributed by atoms with Crippen molar-refractivity contribution in [2.24, 2.45) is 5.41 Å². The number of nitrogens with zero attached hydrogens (tertiary/aromatic N) is 3. The number of carbonyl (C=O) groups is 1. The van der Waals surface area contributed by atoms with Crippen LogP contribution in [0, 0.1) is 12.3 Å². The molecule has 0 saturated heterocycles. The Morgan fingerprint density at radius 2 is 2.00 bits per heavy atom. The lowest BCUT2D eigenvalue weighted by atomic mass is 9.98. The Morgan fingerprint density at radius 3 is 2.56 bits per heavy atom. The Kier molecular flexibility index (Phi) is 4.43. The van der Waals surface area contributed by atoms with E-state index in [0.717, 1.165) is 5.69 Å². The maximum Gasteiger partial charge on any atom is 0.394 e. The van der Waals surface area contributed by atoms with Gasteiger partial charge in [0.25, 0.3) is 0 Å². The van der Waals surface area contributed by atoms with Crippen LogP contribution in [0.3, 0.4) is 0 Å². The van der Waals surface area contributed by atoms with Gasteiger partial charge in [-0.3, -0.25) is 4.79 Å². The number of aryl methyl sites for hydroxylation is 2. The number of halogens is 3. The van der Waals surface area contributed by atoms with E-state index in [1.807, 2.05) is 0 Å². The Labute approximate surface area is 144 Å². The summed E-state index contributed by atoms with van der Waals surface area (Å²) < 4.78 is 40.4. The second-order valence-corrected chi connectivity index (χ2v) is 6.74. The van der Waals surface area contributed by atoms with Crippen LogP contribution in [-0.2, 0) is 6.42 Å². The molecule has 0 radical (unpaired) electrons. The fourth-order valence-electron chi connectivity index (χ4n) is 3.10. The molecule has 2 aromatic rings. The number of pyridine rings is 1. The van der Waals surface area contributed by atoms with Crippen LogP contribution in [0.1, 0.15) is 54.4 Å². The van der Waals surface area contributed by atoms with Crippen LogP contribution in [0.5, 0.6) is 0 Å². The average molecular weight is 351 g/mol. The molecule has 25 heavy (non-hydrogen) atoms. The predicted molar refractivity (Wildman–Crippen MR) is 86.8 cm³/mol. The zero-order valence-corrected chi connectivity index (χ0v) is 14.2. The van der Waals surface area contributed by atoms with Gasteiger partial charge in [0, 0.05) is 11.8 Å². The number of alkyl halides is 3. The molecule has 0 aromatic carbocycles. The monoisotopic (exact) mass is 351 g/mol. The van der Waals surface area contributed by atoms with Crippen LogP contribution in [0.15, 0.2) is 24.4 Å². The Hall–Kier alpha value is -2.18. The number of hydrogen-bond donors (Lipinski definition) is 0. The molecule has 2 aromatic heterocycles. The lowest BCUT2D eigenvalue weighted by molar-refractivity contribution is -0.189. The summed E-state index contributed by atoms with van der Waals surface area (Å²) in [7, 11) is 0. The molecule has 1 saturated carbocycles. The molecule has 0 unspecified atom stereocenters. The molecular formula is C18H20F3N3O. The van der Waals surface area contributed by atoms with E-state index in [1.165, 1.54) is 6.92 Å². The molecular weight excluding hydrogens is 331 g/mol. The smallest absolute Gasteiger partial charge is 0.294 e. The molecule has 0 spiro atoms. The van der Waals surface area contributed by atoms with Gasteiger partial charge in [0.2, 0.25) is 0 Å². The van der Waals surface area contributed by atoms with E-state index < -0.39 is 11.6 Å². The lowest BCUT2D eigenvalue weighted by Crippen LogP contribution is -2.24. The van der Waals surface area contributed by atoms with E-state index in [1.54, 1.807) is 36.0 Å². The second kappa shape index (κ2) is 6.28. The van der Waals surface area contributed by atoms with Gasteiger partial charge in [-0.2, -0.15) is 18.3 Å². The van der Waals surface area contributed by atoms with Crippen LogP contribution in [0.25, 0.3) is 5.82 Å². The molecule has 1 fully saturated rings. The van der Waals surface area contributed by atoms with E-state index >= 15 is 0 Å². The van der Waals surface area contributed by atoms with Crippen LogP contribution < -0.4 is 0 Å². The lowest BCUT2D eigenvalue weighted by Gasteiger charge is -2.18. The quantitative estimate of drug-likeness (QED) is 0.723. The number of carbonyl (C=O) groups excluding carboxylic acids is 1. The first-order valence-electron chi connectivity index (χ1n) is 8.32. The number of hydrogen-bond acceptors (Lipinski definition) is 3. The van der Waals surface area contributed by atoms with E-state index in [9.17, 15) is 18.0 Å². The van der Waals surface area contributed by atoms with Gasteiger partial charge in [-0.1, -0.05) is 0 Å². The normalized spacial score (nSPS) is 16.0. The van der Waals surface area contributed by atoms with Crippen molar-refractivity contribution in [3.05, 3.63) is 41.3 Å². The summed E-state index contributed by atoms with van der Waals surface area (Å²) in [5.74, 6) is 0.541. The minimum Gasteiger partial charge on any atom is -0.294 e. The Bertz CT molecular complexity index is 791. The highest BCUT2D eigenvalue weighted by Crippen LogP contribution is 2.60. The molecule has 0 amide bonds. The van der Waals surface area contributed by atoms with Crippen molar-refractivity contribution in [1.29, 1.82) is 0 Å². The summed E-state index contributed by atoms with van der Waals surface area (Å²) >= 11 is 0. The maximum absolute atomic E-state index is 12.9. The van der Waals surface area contributed by atoms with E-state index in [-0.39, 0.29) is 25.0 Å². The predicted octanol–water partition coefficient (Wildman–Crippen LogP) is 4.44. The average Bonchev–Trinajstić information content (AvgIpc) is 3.17. The van der Waals surface area contributed by atoms with E-state index in [2.05, 4.69) is 10.1 Å². The summed E-state index contributed by atoms with van der Waals surface area (Å²) in [5, 5.41) is 4.39. The molecule has 0 N–H and O–H groups in total. The first-order chi connectivity index (χ1) is 11.7. The third kappa shape index (κ3) is 3.60. The summed E-state index contributed by atoms with van der Waals surface area (Å²) in [6.45, 7) is 3.25. The molecule has 7 heteroatoms. The van der Waals surface area contributed by atoms with Gasteiger partial charge in [0.05, 0.1) is 16.8 Å². The van der Waals surface area contributed by atoms with E-state index in [4.69, 9.17) is 0 Å². The first kappa shape index (κ1) is 17.6. The molecule has 1 aliphatic carbocycles. The first-order valence-corrected chi connectivity index (χ1v) is 8.32. The molecule has 3 rings (SSSR count). The third-order valence-corrected chi connectivity index (χ3v) is 4.87. The number of rotatable bonds is 6. The highest BCUT2D eigenvalue weighted by molar-refractivity contribution is 5.95. The van der Waals surface area contributed by atoms with Gasteiger partial charge >= 0.3 is 6.18 Å². The summed E-state index contributed by atoms with van der Waals surface area (Å²) in [6.07, 6.45) is -0.726. The number of Topliss-reactive ketones (excluding diaryl/α,β-unsaturated/α-hetero) is 1. The third-order valence-electron chi connectivity index (χ3n) is 4.87. The van der Waals surface area contributed by atoms with Gasteiger partial charge in [-0.05, 0) is 64.2 Å². The van der Waals surface area contributed by atoms with E-state index in [0.29, 0.717) is 29.9 Å². The molecule has 1 aliphatic rings. The summed E-state index contributed by atoms with van der Waals surface area (Å²) in [4.78, 5) is 15.8. The fourth-order valence-corrected chi connectivity index (χ4v) is 3.10. The summed E-state index contributed by atoms with van der Waals surface area (Å²) in [5.41, 5.74) is 0.491. The topological polar surface area (TPSA) is 47.8 Å². The highest BCUT2D eigenvalue weighted by atomic mass is 19.4. The zero-order chi connectivity index (χ0) is 18.2. The van der Waals surface area contributed by atoms with Crippen molar-refractivity contribution >= 4 is 5.78 Å². The summed E-state index contributed by atoms with van der Waals surface area (Å²) in [6, 6.07) is 5.22. The highest BCUT2D eigenvalue weighted by Gasteiger charge is 2.62. The molecule has 0 atom stereocenters. The van der Waals surface area contributed by atoms with Crippen molar-refractivity contribution in [1.82, 2.24) is 14.8 Å². The fraction of sp³-hybridized carbons (Fsp3) is 0.500. The molecule has 4 nitrogen and oxygen atoms in total. The number of ketones is 1. The zero-order valence-electron chi connectivity index (χ0n) is 14.2. The Morgan fingerprint density at radius 1 is 1.28 bits per heavy atom. The van der Waals surface area contributed by atoms with Crippen LogP contribution >= 0.6 is 0 Å². The van der Waals surface area contributed by atoms with Crippen molar-refractivity contribution in [2.75, 3.05) is 0 Å². The second-order valence-electron chi connectivity index (χ2n) is 6.74. The molecule has 0 aliphatic heterocycles. The Balaban J connectivity index is 1.63. The van der Waals surface area contributed by atoms with Crippen molar-refractivity contribution in [3.63, 3.8) is 0 Å². The van der Waals surface area contributed by atoms with Crippen LogP contribution in [-0.4, -0.2) is 26.7 Å². The van der Waals surface area contributed by atoms with Gasteiger partial charge in [0.1, 0.15) is 0 Å². The van der Waals surface area contributed by atoms with Gasteiger partial charge in [-0.25, -0.2) is 9.67 Å². The minimum atomic E-state index is -4.09. The van der Waals surface area contributed by atoms with Crippen LogP contribution in [0.4, 0.5) is 13.2 Å². The maximum atomic E-state index is 12.9. The largest absolute Gasteiger partial charge is 0.394 e. The van der Waals surface area contributed by atoms with Gasteiger partial charge in [-0.15, -0.1) is 0 Å². The number of aromatic nitrogens is 3. The minimum absolute atomic E-state index is 0.0450. The van der Waals surface area contributed by atoms with Gasteiger partial charge < -0.3 is 0 Å². The standard InChI is InChI=1S/C18H20F3N3O/c1-12-15(13(2)25)5-6-16(22-12)24-11-7-14(23-24)4-3-8-17(9-10-17)18(19,20)21/h5-7,11H,3-4,8-10H2,1-2H3. The van der Waals surface area contributed by atoms with Crippen molar-refractivity contribution in [3.8, 4) is 5.82 Å².